The minimum Gasteiger partial charge on any atom is -0.271 e. The molecular weight excluding hydrogens is 472 g/mol. The Bertz CT molecular complexity index is 1200. The monoisotopic (exact) mass is 496 g/mol. The summed E-state index contributed by atoms with van der Waals surface area (Å²) in [5, 5.41) is 10.2. The van der Waals surface area contributed by atoms with Gasteiger partial charge in [0.2, 0.25) is 0 Å². The molecule has 1 saturated heterocycles. The third-order valence-corrected chi connectivity index (χ3v) is 8.11. The molecule has 8 nitrogen and oxygen atoms in total. The molecule has 0 radical (unpaired) electrons. The van der Waals surface area contributed by atoms with Crippen LogP contribution in [-0.2, 0) is 14.4 Å². The predicted octanol–water partition coefficient (Wildman–Crippen LogP) is 4.13. The molecule has 5 amide bonds. The number of nitrogens with zero attached hydrogens (tertiary/aromatic N) is 4. The molecule has 10 heteroatoms. The zero-order valence-corrected chi connectivity index (χ0v) is 20.5. The third-order valence-electron chi connectivity index (χ3n) is 6.35. The molecular formula is C24H24N4O4S2. The number of carbonyl (C=O) groups is 4. The fraction of sp³-hybridized carbons (Fsp3) is 0.375. The second-order valence-corrected chi connectivity index (χ2v) is 10.8. The highest BCUT2D eigenvalue weighted by molar-refractivity contribution is 7.11. The van der Waals surface area contributed by atoms with E-state index < -0.39 is 36.3 Å². The Morgan fingerprint density at radius 3 is 2.56 bits per heavy atom. The molecule has 176 valence electrons. The number of carbonyl (C=O) groups excluding carboxylic acids is 4. The number of rotatable bonds is 5. The van der Waals surface area contributed by atoms with E-state index in [4.69, 9.17) is 5.10 Å². The number of amides is 5. The average Bonchev–Trinajstić information content (AvgIpc) is 3.58. The maximum atomic E-state index is 13.5. The van der Waals surface area contributed by atoms with E-state index in [0.29, 0.717) is 0 Å². The molecule has 2 aromatic rings. The van der Waals surface area contributed by atoms with E-state index in [0.717, 1.165) is 50.1 Å². The first-order chi connectivity index (χ1) is 16.4. The molecule has 2 atom stereocenters. The van der Waals surface area contributed by atoms with Crippen molar-refractivity contribution in [1.82, 2.24) is 14.8 Å². The first-order valence-corrected chi connectivity index (χ1v) is 13.0. The Morgan fingerprint density at radius 1 is 1.15 bits per heavy atom. The van der Waals surface area contributed by atoms with E-state index in [2.05, 4.69) is 12.1 Å². The number of fused-ring (bicyclic) bond motifs is 1. The van der Waals surface area contributed by atoms with Gasteiger partial charge in [-0.05, 0) is 67.7 Å². The first-order valence-electron chi connectivity index (χ1n) is 11.2. The van der Waals surface area contributed by atoms with E-state index in [9.17, 15) is 19.2 Å². The number of hydrazone groups is 1. The van der Waals surface area contributed by atoms with Gasteiger partial charge in [-0.1, -0.05) is 12.1 Å². The number of imide groups is 2. The molecule has 3 aliphatic rings. The van der Waals surface area contributed by atoms with Gasteiger partial charge < -0.3 is 0 Å². The molecule has 0 spiro atoms. The molecule has 1 aliphatic carbocycles. The molecule has 0 aromatic carbocycles. The van der Waals surface area contributed by atoms with Crippen LogP contribution >= 0.6 is 22.7 Å². The number of thiophene rings is 2. The van der Waals surface area contributed by atoms with Crippen molar-refractivity contribution in [3.63, 3.8) is 0 Å². The zero-order valence-electron chi connectivity index (χ0n) is 18.8. The Labute approximate surface area is 205 Å². The quantitative estimate of drug-likeness (QED) is 0.460. The summed E-state index contributed by atoms with van der Waals surface area (Å²) >= 11 is 3.21. The van der Waals surface area contributed by atoms with Gasteiger partial charge in [0.1, 0.15) is 6.54 Å². The Hall–Kier alpha value is -3.11. The summed E-state index contributed by atoms with van der Waals surface area (Å²) in [4.78, 5) is 54.7. The molecule has 2 fully saturated rings. The minimum absolute atomic E-state index is 0.0429. The Balaban J connectivity index is 1.47. The van der Waals surface area contributed by atoms with Gasteiger partial charge in [-0.3, -0.25) is 19.3 Å². The van der Waals surface area contributed by atoms with Gasteiger partial charge in [-0.15, -0.1) is 22.7 Å². The molecule has 2 aromatic heterocycles. The number of hydrogen-bond donors (Lipinski definition) is 0. The van der Waals surface area contributed by atoms with Gasteiger partial charge >= 0.3 is 17.8 Å². The van der Waals surface area contributed by atoms with Gasteiger partial charge in [-0.25, -0.2) is 14.7 Å². The zero-order chi connectivity index (χ0) is 24.0. The van der Waals surface area contributed by atoms with Crippen LogP contribution in [0.15, 0.2) is 45.7 Å². The van der Waals surface area contributed by atoms with Gasteiger partial charge in [0, 0.05) is 21.7 Å². The highest BCUT2D eigenvalue weighted by atomic mass is 32.1. The van der Waals surface area contributed by atoms with Crippen LogP contribution in [0.25, 0.3) is 6.08 Å². The smallest absolute Gasteiger partial charge is 0.271 e. The number of hydrogen-bond acceptors (Lipinski definition) is 7. The van der Waals surface area contributed by atoms with Crippen LogP contribution < -0.4 is 0 Å². The van der Waals surface area contributed by atoms with Crippen molar-refractivity contribution in [3.8, 4) is 0 Å². The molecule has 0 bridgehead atoms. The predicted molar refractivity (Wildman–Crippen MR) is 130 cm³/mol. The fourth-order valence-corrected chi connectivity index (χ4v) is 6.37. The lowest BCUT2D eigenvalue weighted by molar-refractivity contribution is -0.145. The van der Waals surface area contributed by atoms with Crippen LogP contribution in [0, 0.1) is 5.92 Å². The van der Waals surface area contributed by atoms with Crippen LogP contribution in [0.5, 0.6) is 0 Å². The van der Waals surface area contributed by atoms with E-state index in [1.807, 2.05) is 29.0 Å². The Morgan fingerprint density at radius 2 is 1.91 bits per heavy atom. The lowest BCUT2D eigenvalue weighted by Crippen LogP contribution is -2.43. The molecule has 4 heterocycles. The summed E-state index contributed by atoms with van der Waals surface area (Å²) in [6, 6.07) is 6.47. The van der Waals surface area contributed by atoms with Crippen molar-refractivity contribution < 1.29 is 19.2 Å². The van der Waals surface area contributed by atoms with Crippen LogP contribution in [0.3, 0.4) is 0 Å². The van der Waals surface area contributed by atoms with Crippen molar-refractivity contribution >= 4 is 58.2 Å². The SMILES string of the molecule is CC(C)N1C(=O)C(=O)N(CC(=O)N2N=C3/C(=C/c4cccs4)CCCC3C2c2cccs2)C1=O. The summed E-state index contributed by atoms with van der Waals surface area (Å²) < 4.78 is 0. The molecule has 5 rings (SSSR count). The van der Waals surface area contributed by atoms with Crippen molar-refractivity contribution in [1.29, 1.82) is 0 Å². The summed E-state index contributed by atoms with van der Waals surface area (Å²) in [6.45, 7) is 2.79. The van der Waals surface area contributed by atoms with Gasteiger partial charge in [0.15, 0.2) is 0 Å². The molecule has 0 N–H and O–H groups in total. The van der Waals surface area contributed by atoms with E-state index >= 15 is 0 Å². The van der Waals surface area contributed by atoms with Crippen molar-refractivity contribution in [2.45, 2.75) is 45.2 Å². The maximum Gasteiger partial charge on any atom is 0.334 e. The summed E-state index contributed by atoms with van der Waals surface area (Å²) in [6.07, 6.45) is 4.91. The van der Waals surface area contributed by atoms with Crippen molar-refractivity contribution in [2.24, 2.45) is 11.0 Å². The summed E-state index contributed by atoms with van der Waals surface area (Å²) in [5.41, 5.74) is 2.01. The third kappa shape index (κ3) is 3.80. The normalized spacial score (nSPS) is 24.0. The van der Waals surface area contributed by atoms with Crippen LogP contribution in [0.4, 0.5) is 4.79 Å². The van der Waals surface area contributed by atoms with Gasteiger partial charge in [0.25, 0.3) is 5.91 Å². The maximum absolute atomic E-state index is 13.5. The fourth-order valence-electron chi connectivity index (χ4n) is 4.82. The number of allylic oxidation sites excluding steroid dienone is 1. The second kappa shape index (κ2) is 8.92. The van der Waals surface area contributed by atoms with Crippen LogP contribution in [-0.4, -0.2) is 56.9 Å². The van der Waals surface area contributed by atoms with Gasteiger partial charge in [0.05, 0.1) is 11.8 Å². The first kappa shape index (κ1) is 22.7. The minimum atomic E-state index is -0.970. The summed E-state index contributed by atoms with van der Waals surface area (Å²) in [5.74, 6) is -2.30. The van der Waals surface area contributed by atoms with Crippen molar-refractivity contribution in [3.05, 3.63) is 50.4 Å². The van der Waals surface area contributed by atoms with Crippen molar-refractivity contribution in [2.75, 3.05) is 6.54 Å². The lowest BCUT2D eigenvalue weighted by Gasteiger charge is -2.29. The van der Waals surface area contributed by atoms with Crippen LogP contribution in [0.2, 0.25) is 0 Å². The van der Waals surface area contributed by atoms with E-state index in [1.165, 1.54) is 5.01 Å². The number of urea groups is 1. The largest absolute Gasteiger partial charge is 0.334 e. The van der Waals surface area contributed by atoms with Crippen LogP contribution in [0.1, 0.15) is 48.9 Å². The molecule has 1 saturated carbocycles. The van der Waals surface area contributed by atoms with E-state index in [1.54, 1.807) is 36.5 Å². The molecule has 34 heavy (non-hydrogen) atoms. The lowest BCUT2D eigenvalue weighted by atomic mass is 9.79. The highest BCUT2D eigenvalue weighted by Crippen LogP contribution is 2.45. The average molecular weight is 497 g/mol. The van der Waals surface area contributed by atoms with E-state index in [-0.39, 0.29) is 12.0 Å². The molecule has 2 aliphatic heterocycles. The topological polar surface area (TPSA) is 90.4 Å². The highest BCUT2D eigenvalue weighted by Gasteiger charge is 2.49. The van der Waals surface area contributed by atoms with Gasteiger partial charge in [-0.2, -0.15) is 5.10 Å². The standard InChI is InChI=1S/C24H24N4O4S2/c1-14(2)27-23(31)22(30)26(24(27)32)13-19(29)28-21(18-9-5-11-34-18)17-8-3-6-15(20(17)25-28)12-16-7-4-10-33-16/h4-5,7,9-12,14,17,21H,3,6,8,13H2,1-2H3/b15-12+. The molecule has 2 unspecified atom stereocenters. The second-order valence-electron chi connectivity index (χ2n) is 8.81. The Kier molecular flexibility index (Phi) is 5.95. The summed E-state index contributed by atoms with van der Waals surface area (Å²) in [7, 11) is 0.